The van der Waals surface area contributed by atoms with E-state index in [1.165, 1.54) is 11.9 Å². The quantitative estimate of drug-likeness (QED) is 0.670. The number of hydrogen-bond acceptors (Lipinski definition) is 3. The lowest BCUT2D eigenvalue weighted by atomic mass is 10.3. The highest BCUT2D eigenvalue weighted by molar-refractivity contribution is 5.74. The van der Waals surface area contributed by atoms with E-state index < -0.39 is 31.6 Å². The molecule has 0 radical (unpaired) electrons. The van der Waals surface area contributed by atoms with Gasteiger partial charge in [-0.25, -0.2) is 13.6 Å². The molecule has 0 aliphatic rings. The summed E-state index contributed by atoms with van der Waals surface area (Å²) in [5, 5.41) is 17.1. The largest absolute Gasteiger partial charge is 0.481 e. The first-order chi connectivity index (χ1) is 8.38. The minimum atomic E-state index is -2.67. The number of carbonyl (C=O) groups is 2. The fourth-order valence-electron chi connectivity index (χ4n) is 1.36. The Morgan fingerprint density at radius 3 is 2.33 bits per heavy atom. The van der Waals surface area contributed by atoms with Crippen LogP contribution in [0, 0.1) is 0 Å². The van der Waals surface area contributed by atoms with Crippen LogP contribution in [0.4, 0.5) is 13.6 Å². The molecule has 2 N–H and O–H groups in total. The molecule has 2 amide bonds. The summed E-state index contributed by atoms with van der Waals surface area (Å²) in [6.07, 6.45) is -2.51. The zero-order chi connectivity index (χ0) is 14.1. The van der Waals surface area contributed by atoms with Crippen LogP contribution in [0.1, 0.15) is 12.8 Å². The summed E-state index contributed by atoms with van der Waals surface area (Å²) < 4.78 is 24.4. The number of aliphatic carboxylic acids is 1. The van der Waals surface area contributed by atoms with Crippen molar-refractivity contribution >= 4 is 12.0 Å². The molecule has 0 rings (SSSR count). The van der Waals surface area contributed by atoms with Crippen molar-refractivity contribution in [2.24, 2.45) is 0 Å². The van der Waals surface area contributed by atoms with Gasteiger partial charge in [-0.2, -0.15) is 0 Å². The highest BCUT2D eigenvalue weighted by Gasteiger charge is 2.20. The molecule has 6 nitrogen and oxygen atoms in total. The Morgan fingerprint density at radius 2 is 1.89 bits per heavy atom. The monoisotopic (exact) mass is 268 g/mol. The molecule has 0 aromatic carbocycles. The molecule has 0 atom stereocenters. The third kappa shape index (κ3) is 7.00. The predicted molar refractivity (Wildman–Crippen MR) is 59.6 cm³/mol. The van der Waals surface area contributed by atoms with Crippen LogP contribution in [0.25, 0.3) is 0 Å². The molecule has 0 saturated heterocycles. The third-order valence-electron chi connectivity index (χ3n) is 2.21. The van der Waals surface area contributed by atoms with Gasteiger partial charge in [-0.05, 0) is 6.42 Å². The normalized spacial score (nSPS) is 10.5. The third-order valence-corrected chi connectivity index (χ3v) is 2.21. The molecule has 0 saturated carbocycles. The van der Waals surface area contributed by atoms with Gasteiger partial charge in [0.1, 0.15) is 0 Å². The summed E-state index contributed by atoms with van der Waals surface area (Å²) in [6, 6.07) is -0.644. The van der Waals surface area contributed by atoms with Crippen molar-refractivity contribution in [3.63, 3.8) is 0 Å². The van der Waals surface area contributed by atoms with Crippen molar-refractivity contribution in [1.29, 1.82) is 0 Å². The first-order valence-corrected chi connectivity index (χ1v) is 5.49. The Morgan fingerprint density at radius 1 is 1.28 bits per heavy atom. The molecule has 106 valence electrons. The smallest absolute Gasteiger partial charge is 0.320 e. The molecule has 0 aliphatic carbocycles. The molecular weight excluding hydrogens is 250 g/mol. The van der Waals surface area contributed by atoms with Gasteiger partial charge in [-0.1, -0.05) is 0 Å². The van der Waals surface area contributed by atoms with Crippen LogP contribution in [0.3, 0.4) is 0 Å². The van der Waals surface area contributed by atoms with Crippen LogP contribution in [-0.2, 0) is 4.79 Å². The number of aliphatic hydroxyl groups is 1. The molecule has 0 spiro atoms. The van der Waals surface area contributed by atoms with Gasteiger partial charge in [-0.3, -0.25) is 4.79 Å². The maximum atomic E-state index is 12.2. The van der Waals surface area contributed by atoms with Crippen LogP contribution >= 0.6 is 0 Å². The van der Waals surface area contributed by atoms with E-state index in [2.05, 4.69) is 0 Å². The van der Waals surface area contributed by atoms with Crippen LogP contribution in [0.5, 0.6) is 0 Å². The van der Waals surface area contributed by atoms with E-state index in [0.717, 1.165) is 4.90 Å². The van der Waals surface area contributed by atoms with E-state index in [1.54, 1.807) is 0 Å². The van der Waals surface area contributed by atoms with Crippen LogP contribution < -0.4 is 0 Å². The Bertz CT molecular complexity index is 277. The van der Waals surface area contributed by atoms with Gasteiger partial charge in [0.25, 0.3) is 6.43 Å². The average Bonchev–Trinajstić information content (AvgIpc) is 2.26. The number of carboxylic acids is 1. The van der Waals surface area contributed by atoms with Crippen molar-refractivity contribution in [3.05, 3.63) is 0 Å². The number of hydrogen-bond donors (Lipinski definition) is 2. The molecule has 0 aromatic rings. The Labute approximate surface area is 104 Å². The molecule has 0 bridgehead atoms. The highest BCUT2D eigenvalue weighted by atomic mass is 19.3. The summed E-state index contributed by atoms with van der Waals surface area (Å²) in [5.41, 5.74) is 0. The maximum Gasteiger partial charge on any atom is 0.320 e. The lowest BCUT2D eigenvalue weighted by Gasteiger charge is -2.27. The lowest BCUT2D eigenvalue weighted by Crippen LogP contribution is -2.45. The average molecular weight is 268 g/mol. The van der Waals surface area contributed by atoms with Crippen molar-refractivity contribution < 1.29 is 28.6 Å². The van der Waals surface area contributed by atoms with Gasteiger partial charge in [0.2, 0.25) is 0 Å². The Hall–Kier alpha value is -1.44. The summed E-state index contributed by atoms with van der Waals surface area (Å²) in [5.74, 6) is -0.976. The maximum absolute atomic E-state index is 12.2. The second kappa shape index (κ2) is 8.62. The van der Waals surface area contributed by atoms with E-state index in [9.17, 15) is 18.4 Å². The van der Waals surface area contributed by atoms with Gasteiger partial charge in [0.15, 0.2) is 0 Å². The first-order valence-electron chi connectivity index (χ1n) is 5.49. The molecule has 0 heterocycles. The topological polar surface area (TPSA) is 81.1 Å². The van der Waals surface area contributed by atoms with E-state index in [4.69, 9.17) is 10.2 Å². The lowest BCUT2D eigenvalue weighted by molar-refractivity contribution is -0.137. The summed E-state index contributed by atoms with van der Waals surface area (Å²) in [7, 11) is 1.40. The molecule has 0 unspecified atom stereocenters. The van der Waals surface area contributed by atoms with E-state index in [0.29, 0.717) is 0 Å². The SMILES string of the molecule is CN(CCCC(=O)O)C(=O)N(CCO)CC(F)F. The van der Waals surface area contributed by atoms with E-state index >= 15 is 0 Å². The number of aliphatic hydroxyl groups excluding tert-OH is 1. The number of rotatable bonds is 8. The molecule has 0 aliphatic heterocycles. The number of amides is 2. The fraction of sp³-hybridized carbons (Fsp3) is 0.800. The second-order valence-electron chi connectivity index (χ2n) is 3.76. The fourth-order valence-corrected chi connectivity index (χ4v) is 1.36. The minimum absolute atomic E-state index is 0.0908. The van der Waals surface area contributed by atoms with Crippen LogP contribution in [0.15, 0.2) is 0 Å². The number of halogens is 2. The van der Waals surface area contributed by atoms with Crippen LogP contribution in [0.2, 0.25) is 0 Å². The zero-order valence-electron chi connectivity index (χ0n) is 10.2. The van der Waals surface area contributed by atoms with Gasteiger partial charge in [0.05, 0.1) is 13.2 Å². The Kier molecular flexibility index (Phi) is 7.93. The molecule has 18 heavy (non-hydrogen) atoms. The van der Waals surface area contributed by atoms with Gasteiger partial charge >= 0.3 is 12.0 Å². The van der Waals surface area contributed by atoms with E-state index in [-0.39, 0.29) is 25.9 Å². The number of carboxylic acid groups (broad SMARTS) is 1. The zero-order valence-corrected chi connectivity index (χ0v) is 10.2. The number of carbonyl (C=O) groups excluding carboxylic acids is 1. The standard InChI is InChI=1S/C10H18F2N2O4/c1-13(4-2-3-9(16)17)10(18)14(5-6-15)7-8(11)12/h8,15H,2-7H2,1H3,(H,16,17). The van der Waals surface area contributed by atoms with Crippen molar-refractivity contribution in [3.8, 4) is 0 Å². The van der Waals surface area contributed by atoms with E-state index in [1.807, 2.05) is 0 Å². The minimum Gasteiger partial charge on any atom is -0.481 e. The number of urea groups is 1. The van der Waals surface area contributed by atoms with Gasteiger partial charge < -0.3 is 20.0 Å². The molecule has 0 aromatic heterocycles. The van der Waals surface area contributed by atoms with Crippen molar-refractivity contribution in [2.45, 2.75) is 19.3 Å². The molecule has 8 heteroatoms. The summed E-state index contributed by atoms with van der Waals surface area (Å²) in [4.78, 5) is 24.0. The second-order valence-corrected chi connectivity index (χ2v) is 3.76. The Balaban J connectivity index is 4.23. The highest BCUT2D eigenvalue weighted by Crippen LogP contribution is 2.03. The predicted octanol–water partition coefficient (Wildman–Crippen LogP) is 0.462. The van der Waals surface area contributed by atoms with Crippen molar-refractivity contribution in [1.82, 2.24) is 9.80 Å². The van der Waals surface area contributed by atoms with Gasteiger partial charge in [-0.15, -0.1) is 0 Å². The molecule has 0 fully saturated rings. The number of nitrogens with zero attached hydrogens (tertiary/aromatic N) is 2. The van der Waals surface area contributed by atoms with Gasteiger partial charge in [0, 0.05) is 26.6 Å². The summed E-state index contributed by atoms with van der Waals surface area (Å²) >= 11 is 0. The first kappa shape index (κ1) is 16.6. The number of alkyl halides is 2. The molecular formula is C10H18F2N2O4. The van der Waals surface area contributed by atoms with Crippen LogP contribution in [-0.4, -0.2) is 71.7 Å². The summed E-state index contributed by atoms with van der Waals surface area (Å²) in [6.45, 7) is -1.16. The van der Waals surface area contributed by atoms with Crippen molar-refractivity contribution in [2.75, 3.05) is 33.3 Å².